The normalized spacial score (nSPS) is 12.6. The van der Waals surface area contributed by atoms with E-state index in [9.17, 15) is 0 Å². The first kappa shape index (κ1) is 16.7. The van der Waals surface area contributed by atoms with Crippen LogP contribution in [0.25, 0.3) is 0 Å². The smallest absolute Gasteiger partial charge is 0.110 e. The summed E-state index contributed by atoms with van der Waals surface area (Å²) in [6.45, 7) is 6.28. The van der Waals surface area contributed by atoms with Crippen LogP contribution in [0, 0.1) is 0 Å². The fraction of sp³-hybridized carbons (Fsp3) is 0.438. The highest BCUT2D eigenvalue weighted by molar-refractivity contribution is 9.11. The van der Waals surface area contributed by atoms with Crippen LogP contribution in [0.3, 0.4) is 0 Å². The van der Waals surface area contributed by atoms with Crippen molar-refractivity contribution in [2.75, 3.05) is 6.54 Å². The summed E-state index contributed by atoms with van der Waals surface area (Å²) in [5, 5.41) is 3.57. The first-order chi connectivity index (χ1) is 10.2. The number of benzene rings is 1. The summed E-state index contributed by atoms with van der Waals surface area (Å²) in [6.07, 6.45) is 5.97. The van der Waals surface area contributed by atoms with Gasteiger partial charge in [-0.25, -0.2) is 4.98 Å². The second-order valence-electron chi connectivity index (χ2n) is 5.02. The Balaban J connectivity index is 2.26. The van der Waals surface area contributed by atoms with Crippen molar-refractivity contribution < 1.29 is 0 Å². The third-order valence-electron chi connectivity index (χ3n) is 3.44. The maximum atomic E-state index is 4.53. The van der Waals surface area contributed by atoms with Crippen LogP contribution in [0.4, 0.5) is 0 Å². The van der Waals surface area contributed by atoms with Crippen molar-refractivity contribution in [2.45, 2.75) is 39.3 Å². The van der Waals surface area contributed by atoms with Crippen molar-refractivity contribution in [3.63, 3.8) is 0 Å². The minimum atomic E-state index is 0.250. The Bertz CT molecular complexity index is 581. The summed E-state index contributed by atoms with van der Waals surface area (Å²) >= 11 is 7.23. The third kappa shape index (κ3) is 4.41. The number of aryl methyl sites for hydroxylation is 1. The average Bonchev–Trinajstić information content (AvgIpc) is 2.89. The van der Waals surface area contributed by atoms with Gasteiger partial charge in [-0.15, -0.1) is 0 Å². The molecule has 21 heavy (non-hydrogen) atoms. The Morgan fingerprint density at radius 3 is 2.81 bits per heavy atom. The van der Waals surface area contributed by atoms with Crippen molar-refractivity contribution in [3.05, 3.63) is 50.9 Å². The molecule has 1 unspecified atom stereocenters. The lowest BCUT2D eigenvalue weighted by atomic mass is 10.0. The SMILES string of the molecule is CCCn1ccnc1CC(NCC)c1cc(Br)ccc1Br. The molecule has 1 N–H and O–H groups in total. The van der Waals surface area contributed by atoms with Gasteiger partial charge in [0.1, 0.15) is 5.82 Å². The number of likely N-dealkylation sites (N-methyl/N-ethyl adjacent to an activating group) is 1. The number of aromatic nitrogens is 2. The summed E-state index contributed by atoms with van der Waals surface area (Å²) < 4.78 is 4.47. The highest BCUT2D eigenvalue weighted by Gasteiger charge is 2.17. The Hall–Kier alpha value is -0.650. The molecule has 0 aliphatic carbocycles. The van der Waals surface area contributed by atoms with Crippen LogP contribution in [0.2, 0.25) is 0 Å². The van der Waals surface area contributed by atoms with E-state index in [0.29, 0.717) is 0 Å². The standard InChI is InChI=1S/C16H21Br2N3/c1-3-8-21-9-7-20-16(21)11-15(19-4-2)13-10-12(17)5-6-14(13)18/h5-7,9-10,15,19H,3-4,8,11H2,1-2H3. The van der Waals surface area contributed by atoms with Crippen LogP contribution in [0.15, 0.2) is 39.5 Å². The lowest BCUT2D eigenvalue weighted by molar-refractivity contribution is 0.514. The highest BCUT2D eigenvalue weighted by atomic mass is 79.9. The molecule has 0 radical (unpaired) electrons. The molecule has 5 heteroatoms. The Morgan fingerprint density at radius 2 is 2.10 bits per heavy atom. The second kappa shape index (κ2) is 8.11. The van der Waals surface area contributed by atoms with Crippen LogP contribution in [0.5, 0.6) is 0 Å². The van der Waals surface area contributed by atoms with E-state index in [0.717, 1.165) is 40.7 Å². The van der Waals surface area contributed by atoms with E-state index in [1.807, 2.05) is 6.20 Å². The number of hydrogen-bond donors (Lipinski definition) is 1. The van der Waals surface area contributed by atoms with Crippen LogP contribution in [-0.2, 0) is 13.0 Å². The molecule has 1 aromatic carbocycles. The fourth-order valence-electron chi connectivity index (χ4n) is 2.48. The summed E-state index contributed by atoms with van der Waals surface area (Å²) in [5.41, 5.74) is 1.26. The van der Waals surface area contributed by atoms with E-state index in [1.165, 1.54) is 5.56 Å². The van der Waals surface area contributed by atoms with E-state index >= 15 is 0 Å². The largest absolute Gasteiger partial charge is 0.335 e. The quantitative estimate of drug-likeness (QED) is 0.710. The molecule has 0 spiro atoms. The van der Waals surface area contributed by atoms with Crippen LogP contribution >= 0.6 is 31.9 Å². The molecule has 3 nitrogen and oxygen atoms in total. The number of nitrogens with one attached hydrogen (secondary N) is 1. The average molecular weight is 415 g/mol. The van der Waals surface area contributed by atoms with Gasteiger partial charge in [-0.2, -0.15) is 0 Å². The van der Waals surface area contributed by atoms with Gasteiger partial charge in [0.2, 0.25) is 0 Å². The molecule has 2 aromatic rings. The molecule has 0 aliphatic rings. The fourth-order valence-corrected chi connectivity index (χ4v) is 3.38. The predicted molar refractivity (Wildman–Crippen MR) is 94.5 cm³/mol. The molecule has 0 saturated heterocycles. The number of hydrogen-bond acceptors (Lipinski definition) is 2. The van der Waals surface area contributed by atoms with Gasteiger partial charge >= 0.3 is 0 Å². The summed E-state index contributed by atoms with van der Waals surface area (Å²) in [5.74, 6) is 1.13. The molecule has 1 aromatic heterocycles. The van der Waals surface area contributed by atoms with Crippen LogP contribution in [-0.4, -0.2) is 16.1 Å². The Kier molecular flexibility index (Phi) is 6.45. The molecule has 0 aliphatic heterocycles. The highest BCUT2D eigenvalue weighted by Crippen LogP contribution is 2.29. The van der Waals surface area contributed by atoms with E-state index in [1.54, 1.807) is 0 Å². The van der Waals surface area contributed by atoms with Gasteiger partial charge in [-0.05, 0) is 36.7 Å². The number of halogens is 2. The maximum absolute atomic E-state index is 4.53. The first-order valence-corrected chi connectivity index (χ1v) is 8.92. The van der Waals surface area contributed by atoms with Crippen molar-refractivity contribution in [1.29, 1.82) is 0 Å². The second-order valence-corrected chi connectivity index (χ2v) is 6.79. The molecule has 2 rings (SSSR count). The number of imidazole rings is 1. The molecule has 0 bridgehead atoms. The molecule has 114 valence electrons. The van der Waals surface area contributed by atoms with Gasteiger partial charge in [0, 0.05) is 40.3 Å². The van der Waals surface area contributed by atoms with E-state index in [-0.39, 0.29) is 6.04 Å². The van der Waals surface area contributed by atoms with Crippen molar-refractivity contribution >= 4 is 31.9 Å². The maximum Gasteiger partial charge on any atom is 0.110 e. The lowest BCUT2D eigenvalue weighted by Crippen LogP contribution is -2.24. The van der Waals surface area contributed by atoms with Crippen molar-refractivity contribution in [3.8, 4) is 0 Å². The zero-order chi connectivity index (χ0) is 15.2. The van der Waals surface area contributed by atoms with E-state index < -0.39 is 0 Å². The van der Waals surface area contributed by atoms with Gasteiger partial charge in [-0.1, -0.05) is 45.7 Å². The molecule has 1 atom stereocenters. The van der Waals surface area contributed by atoms with Gasteiger partial charge in [0.05, 0.1) is 0 Å². The van der Waals surface area contributed by atoms with Crippen LogP contribution in [0.1, 0.15) is 37.7 Å². The molecule has 0 fully saturated rings. The minimum Gasteiger partial charge on any atom is -0.335 e. The van der Waals surface area contributed by atoms with Crippen LogP contribution < -0.4 is 5.32 Å². The Labute approximate surface area is 143 Å². The predicted octanol–water partition coefficient (Wildman–Crippen LogP) is 4.71. The zero-order valence-corrected chi connectivity index (χ0v) is 15.6. The summed E-state index contributed by atoms with van der Waals surface area (Å²) in [6, 6.07) is 6.56. The monoisotopic (exact) mass is 413 g/mol. The summed E-state index contributed by atoms with van der Waals surface area (Å²) in [7, 11) is 0. The Morgan fingerprint density at radius 1 is 1.29 bits per heavy atom. The molecule has 1 heterocycles. The molecular formula is C16H21Br2N3. The van der Waals surface area contributed by atoms with Gasteiger partial charge in [0.15, 0.2) is 0 Å². The topological polar surface area (TPSA) is 29.9 Å². The zero-order valence-electron chi connectivity index (χ0n) is 12.4. The molecule has 0 amide bonds. The first-order valence-electron chi connectivity index (χ1n) is 7.34. The van der Waals surface area contributed by atoms with E-state index in [4.69, 9.17) is 0 Å². The third-order valence-corrected chi connectivity index (χ3v) is 4.65. The molecular weight excluding hydrogens is 394 g/mol. The number of rotatable bonds is 7. The van der Waals surface area contributed by atoms with E-state index in [2.05, 4.69) is 85.0 Å². The lowest BCUT2D eigenvalue weighted by Gasteiger charge is -2.20. The minimum absolute atomic E-state index is 0.250. The van der Waals surface area contributed by atoms with Crippen molar-refractivity contribution in [1.82, 2.24) is 14.9 Å². The van der Waals surface area contributed by atoms with Crippen molar-refractivity contribution in [2.24, 2.45) is 0 Å². The summed E-state index contributed by atoms with van der Waals surface area (Å²) in [4.78, 5) is 4.53. The molecule has 0 saturated carbocycles. The van der Waals surface area contributed by atoms with Gasteiger partial charge in [-0.3, -0.25) is 0 Å². The van der Waals surface area contributed by atoms with Gasteiger partial charge < -0.3 is 9.88 Å². The van der Waals surface area contributed by atoms with Gasteiger partial charge in [0.25, 0.3) is 0 Å². The number of nitrogens with zero attached hydrogens (tertiary/aromatic N) is 2.